The van der Waals surface area contributed by atoms with Crippen molar-refractivity contribution in [2.45, 2.75) is 31.7 Å². The van der Waals surface area contributed by atoms with Crippen LogP contribution in [0.2, 0.25) is 0 Å². The summed E-state index contributed by atoms with van der Waals surface area (Å²) in [5, 5.41) is 11.6. The molecule has 252 valence electrons. The Morgan fingerprint density at radius 1 is 1.04 bits per heavy atom. The van der Waals surface area contributed by atoms with Crippen molar-refractivity contribution >= 4 is 95.7 Å². The minimum atomic E-state index is -4.76. The van der Waals surface area contributed by atoms with E-state index >= 15 is 0 Å². The fraction of sp³-hybridized carbons (Fsp3) is 0.273. The van der Waals surface area contributed by atoms with Gasteiger partial charge in [-0.05, 0) is 28.8 Å². The van der Waals surface area contributed by atoms with Gasteiger partial charge >= 0.3 is 13.9 Å². The number of hydrazine groups is 1. The third kappa shape index (κ3) is 9.07. The van der Waals surface area contributed by atoms with E-state index in [1.165, 1.54) is 22.0 Å². The summed E-state index contributed by atoms with van der Waals surface area (Å²) in [7, 11) is -2.94. The topological polar surface area (TPSA) is 161 Å². The Morgan fingerprint density at radius 2 is 1.76 bits per heavy atom. The van der Waals surface area contributed by atoms with E-state index in [-0.39, 0.29) is 116 Å². The van der Waals surface area contributed by atoms with Gasteiger partial charge in [-0.3, -0.25) is 24.1 Å². The third-order valence-corrected chi connectivity index (χ3v) is 8.79. The van der Waals surface area contributed by atoms with Gasteiger partial charge in [0.2, 0.25) is 11.8 Å². The predicted molar refractivity (Wildman–Crippen MR) is 187 cm³/mol. The number of fused-ring (bicyclic) bond motifs is 2. The van der Waals surface area contributed by atoms with Crippen LogP contribution in [-0.2, 0) is 40.7 Å². The number of piperazine rings is 1. The van der Waals surface area contributed by atoms with Gasteiger partial charge in [0, 0.05) is 104 Å². The molecule has 0 bridgehead atoms. The zero-order chi connectivity index (χ0) is 34.0. The van der Waals surface area contributed by atoms with Crippen molar-refractivity contribution in [3.8, 4) is 5.75 Å². The number of phosphoric ester groups is 1. The van der Waals surface area contributed by atoms with Gasteiger partial charge in [-0.25, -0.2) is 19.4 Å². The van der Waals surface area contributed by atoms with E-state index in [9.17, 15) is 28.7 Å². The molecule has 3 aromatic carbocycles. The van der Waals surface area contributed by atoms with Crippen LogP contribution in [0, 0.1) is 0 Å². The number of phosphoric acid groups is 1. The molecule has 4 aromatic rings. The zero-order valence-corrected chi connectivity index (χ0v) is 33.1. The minimum Gasteiger partial charge on any atom is -0.404 e. The molecular weight excluding hydrogens is 683 g/mol. The smallest absolute Gasteiger partial charge is 0.404 e. The average Bonchev–Trinajstić information content (AvgIpc) is 3.44. The number of aromatic nitrogens is 2. The Hall–Kier alpha value is -3.01. The van der Waals surface area contributed by atoms with Crippen LogP contribution in [0.1, 0.15) is 16.7 Å². The second kappa shape index (κ2) is 17.0. The normalized spacial score (nSPS) is 17.9. The number of amides is 4. The third-order valence-electron chi connectivity index (χ3n) is 8.34. The Morgan fingerprint density at radius 3 is 2.44 bits per heavy atom. The average molecular weight is 720 g/mol. The van der Waals surface area contributed by atoms with E-state index in [4.69, 9.17) is 0 Å². The molecule has 2 saturated heterocycles. The van der Waals surface area contributed by atoms with Crippen molar-refractivity contribution in [1.82, 2.24) is 34.9 Å². The molecule has 6 rings (SSSR count). The molecule has 50 heavy (non-hydrogen) atoms. The molecule has 0 saturated carbocycles. The van der Waals surface area contributed by atoms with Gasteiger partial charge in [-0.15, -0.1) is 6.58 Å². The number of nitrogens with one attached hydrogen (secondary N) is 1. The van der Waals surface area contributed by atoms with E-state index in [2.05, 4.69) is 21.5 Å². The van der Waals surface area contributed by atoms with Gasteiger partial charge in [-0.1, -0.05) is 66.7 Å². The van der Waals surface area contributed by atoms with Crippen molar-refractivity contribution in [2.24, 2.45) is 7.05 Å². The fourth-order valence-corrected chi connectivity index (χ4v) is 6.70. The molecule has 2 aliphatic rings. The van der Waals surface area contributed by atoms with Crippen LogP contribution in [0.15, 0.2) is 91.6 Å². The summed E-state index contributed by atoms with van der Waals surface area (Å²) in [6, 6.07) is 19.8. The Labute approximate surface area is 333 Å². The molecule has 2 aliphatic heterocycles. The van der Waals surface area contributed by atoms with Gasteiger partial charge in [0.1, 0.15) is 18.0 Å². The maximum absolute atomic E-state index is 14.4. The number of carbonyl (C=O) groups excluding carboxylic acids is 3. The molecule has 0 aliphatic carbocycles. The number of carbonyl (C=O) groups is 3. The summed E-state index contributed by atoms with van der Waals surface area (Å²) in [5.41, 5.74) is 3.09. The summed E-state index contributed by atoms with van der Waals surface area (Å²) in [6.07, 6.45) is 2.76. The molecular formula is C33H36N7Na2O7P. The van der Waals surface area contributed by atoms with Crippen molar-refractivity contribution < 1.29 is 33.3 Å². The van der Waals surface area contributed by atoms with E-state index < -0.39 is 26.1 Å². The predicted octanol–water partition coefficient (Wildman–Crippen LogP) is 2.02. The SMILES string of the molecule is C=CCN1CC(=O)N2[C@@H](Cc3ccc(OP(=O)(O)O)cc3)C(=O)N(Cc3cccc4cn(C)nc34)C[C@@H]2N1C(=O)NCc1ccccc1.[Na].[Na]. The Kier molecular flexibility index (Phi) is 13.5. The van der Waals surface area contributed by atoms with Crippen LogP contribution in [0.25, 0.3) is 10.9 Å². The molecule has 17 heteroatoms. The van der Waals surface area contributed by atoms with Gasteiger partial charge < -0.3 is 19.6 Å². The number of hydrogen-bond donors (Lipinski definition) is 3. The summed E-state index contributed by atoms with van der Waals surface area (Å²) < 4.78 is 17.7. The largest absolute Gasteiger partial charge is 0.524 e. The van der Waals surface area contributed by atoms with E-state index in [0.29, 0.717) is 5.56 Å². The number of benzene rings is 3. The molecule has 14 nitrogen and oxygen atoms in total. The number of hydrogen-bond acceptors (Lipinski definition) is 7. The van der Waals surface area contributed by atoms with Crippen LogP contribution in [0.4, 0.5) is 4.79 Å². The van der Waals surface area contributed by atoms with Gasteiger partial charge in [0.15, 0.2) is 0 Å². The van der Waals surface area contributed by atoms with Gasteiger partial charge in [0.05, 0.1) is 18.6 Å². The maximum atomic E-state index is 14.4. The molecule has 2 fully saturated rings. The minimum absolute atomic E-state index is 0. The van der Waals surface area contributed by atoms with Crippen LogP contribution in [-0.4, -0.2) is 148 Å². The molecule has 2 radical (unpaired) electrons. The van der Waals surface area contributed by atoms with Crippen molar-refractivity contribution in [1.29, 1.82) is 0 Å². The monoisotopic (exact) mass is 719 g/mol. The molecule has 2 atom stereocenters. The number of rotatable bonds is 10. The first-order chi connectivity index (χ1) is 23.0. The maximum Gasteiger partial charge on any atom is 0.524 e. The molecule has 4 amide bonds. The Bertz CT molecular complexity index is 1890. The fourth-order valence-electron chi connectivity index (χ4n) is 6.30. The van der Waals surface area contributed by atoms with Crippen molar-refractivity contribution in [3.05, 3.63) is 108 Å². The standard InChI is InChI=1S/C33H36N7O7P.2Na/c1-3-16-38-22-30(41)39-28(17-23-12-14-27(15-13-23)47-48(44,45)46)32(42)37(20-26-11-7-10-25-19-36(2)35-31(25)26)21-29(39)40(38)33(43)34-18-24-8-5-4-6-9-24;;/h3-15,19,28-29H,1,16-18,20-22H2,2H3,(H,34,43)(H2,44,45,46);;/t28-,29-;;/m0../s1. The number of urea groups is 1. The first-order valence-corrected chi connectivity index (χ1v) is 16.9. The molecule has 3 heterocycles. The Balaban J connectivity index is 0.00000281. The van der Waals surface area contributed by atoms with Crippen molar-refractivity contribution in [2.75, 3.05) is 19.6 Å². The summed E-state index contributed by atoms with van der Waals surface area (Å²) >= 11 is 0. The number of aryl methyl sites for hydroxylation is 1. The van der Waals surface area contributed by atoms with Crippen molar-refractivity contribution in [3.63, 3.8) is 0 Å². The van der Waals surface area contributed by atoms with E-state index in [1.807, 2.05) is 61.8 Å². The molecule has 3 N–H and O–H groups in total. The van der Waals surface area contributed by atoms with E-state index in [1.54, 1.807) is 32.8 Å². The second-order valence-corrected chi connectivity index (χ2v) is 12.9. The van der Waals surface area contributed by atoms with Crippen LogP contribution in [0.5, 0.6) is 5.75 Å². The van der Waals surface area contributed by atoms with Crippen LogP contribution >= 0.6 is 7.82 Å². The molecule has 0 unspecified atom stereocenters. The second-order valence-electron chi connectivity index (χ2n) is 11.7. The first kappa shape index (κ1) is 39.8. The van der Waals surface area contributed by atoms with Crippen LogP contribution < -0.4 is 9.84 Å². The molecule has 1 aromatic heterocycles. The summed E-state index contributed by atoms with van der Waals surface area (Å²) in [6.45, 7) is 4.41. The molecule has 0 spiro atoms. The summed E-state index contributed by atoms with van der Waals surface area (Å²) in [5.74, 6) is -0.662. The quantitative estimate of drug-likeness (QED) is 0.127. The zero-order valence-electron chi connectivity index (χ0n) is 28.3. The van der Waals surface area contributed by atoms with Crippen LogP contribution in [0.3, 0.4) is 0 Å². The van der Waals surface area contributed by atoms with E-state index in [0.717, 1.165) is 22.0 Å². The van der Waals surface area contributed by atoms with Gasteiger partial charge in [0.25, 0.3) is 0 Å². The van der Waals surface area contributed by atoms with Gasteiger partial charge in [-0.2, -0.15) is 5.10 Å². The summed E-state index contributed by atoms with van der Waals surface area (Å²) in [4.78, 5) is 63.7. The number of nitrogens with zero attached hydrogens (tertiary/aromatic N) is 6. The first-order valence-electron chi connectivity index (χ1n) is 15.3.